The Kier molecular flexibility index (Phi) is 7.04. The average Bonchev–Trinajstić information content (AvgIpc) is 2.15. The molecule has 0 aliphatic heterocycles. The van der Waals surface area contributed by atoms with Gasteiger partial charge in [-0.25, -0.2) is 0 Å². The van der Waals surface area contributed by atoms with Gasteiger partial charge in [-0.15, -0.1) is 0 Å². The topological polar surface area (TPSA) is 118 Å². The molecule has 0 fully saturated rings. The minimum Gasteiger partial charge on any atom is -0.395 e. The fourth-order valence-corrected chi connectivity index (χ4v) is 1.69. The van der Waals surface area contributed by atoms with E-state index in [1.54, 1.807) is 0 Å². The van der Waals surface area contributed by atoms with Gasteiger partial charge in [-0.3, -0.25) is 9.45 Å². The van der Waals surface area contributed by atoms with Crippen molar-refractivity contribution in [1.29, 1.82) is 0 Å². The number of aliphatic hydroxyl groups excluding tert-OH is 3. The highest BCUT2D eigenvalue weighted by atomic mass is 32.2. The Morgan fingerprint density at radius 2 is 1.81 bits per heavy atom. The second-order valence-electron chi connectivity index (χ2n) is 3.45. The van der Waals surface area contributed by atoms with Crippen LogP contribution in [-0.2, 0) is 10.1 Å². The van der Waals surface area contributed by atoms with Crippen molar-refractivity contribution in [2.24, 2.45) is 0 Å². The third kappa shape index (κ3) is 5.73. The molecule has 0 aliphatic rings. The van der Waals surface area contributed by atoms with Crippen LogP contribution >= 0.6 is 0 Å². The Balaban J connectivity index is 4.34. The minimum atomic E-state index is -4.55. The zero-order valence-electron chi connectivity index (χ0n) is 9.15. The zero-order valence-corrected chi connectivity index (χ0v) is 9.97. The number of hydrogen-bond acceptors (Lipinski definition) is 6. The molecule has 8 heteroatoms. The lowest BCUT2D eigenvalue weighted by atomic mass is 10.3. The van der Waals surface area contributed by atoms with Crippen molar-refractivity contribution in [2.75, 3.05) is 19.7 Å². The molecule has 0 heterocycles. The van der Waals surface area contributed by atoms with Gasteiger partial charge < -0.3 is 15.3 Å². The number of hydrogen-bond donors (Lipinski definition) is 4. The second kappa shape index (κ2) is 7.15. The van der Waals surface area contributed by atoms with E-state index >= 15 is 0 Å². The first-order chi connectivity index (χ1) is 7.32. The zero-order chi connectivity index (χ0) is 12.8. The first kappa shape index (κ1) is 15.8. The van der Waals surface area contributed by atoms with Crippen molar-refractivity contribution in [1.82, 2.24) is 4.90 Å². The van der Waals surface area contributed by atoms with Crippen LogP contribution in [0.2, 0.25) is 0 Å². The summed E-state index contributed by atoms with van der Waals surface area (Å²) in [5, 5.41) is 27.4. The molecular formula is C8H19NO6S. The van der Waals surface area contributed by atoms with Crippen molar-refractivity contribution >= 4 is 10.1 Å². The highest BCUT2D eigenvalue weighted by Crippen LogP contribution is 2.09. The van der Waals surface area contributed by atoms with Gasteiger partial charge in [0.05, 0.1) is 6.61 Å². The largest absolute Gasteiger partial charge is 0.395 e. The van der Waals surface area contributed by atoms with E-state index in [-0.39, 0.29) is 13.2 Å². The summed E-state index contributed by atoms with van der Waals surface area (Å²) < 4.78 is 29.6. The van der Waals surface area contributed by atoms with Gasteiger partial charge in [-0.05, 0) is 6.42 Å². The molecule has 0 amide bonds. The van der Waals surface area contributed by atoms with Gasteiger partial charge in [-0.1, -0.05) is 6.92 Å². The summed E-state index contributed by atoms with van der Waals surface area (Å²) in [6.07, 6.45) is -1.03. The van der Waals surface area contributed by atoms with Crippen LogP contribution in [0, 0.1) is 0 Å². The van der Waals surface area contributed by atoms with Gasteiger partial charge in [0.1, 0.15) is 6.23 Å². The monoisotopic (exact) mass is 257 g/mol. The van der Waals surface area contributed by atoms with Crippen LogP contribution < -0.4 is 0 Å². The summed E-state index contributed by atoms with van der Waals surface area (Å²) in [4.78, 5) is 1.42. The summed E-state index contributed by atoms with van der Waals surface area (Å²) in [6.45, 7) is 2.31. The molecule has 0 aromatic carbocycles. The van der Waals surface area contributed by atoms with Crippen molar-refractivity contribution in [2.45, 2.75) is 31.4 Å². The predicted molar refractivity (Wildman–Crippen MR) is 57.1 cm³/mol. The molecule has 0 aliphatic carbocycles. The van der Waals surface area contributed by atoms with Crippen LogP contribution in [-0.4, -0.2) is 64.6 Å². The number of nitrogens with zero attached hydrogens (tertiary/aromatic N) is 1. The molecule has 2 atom stereocenters. The number of aliphatic hydroxyl groups is 3. The molecule has 0 spiro atoms. The molecule has 0 rings (SSSR count). The van der Waals surface area contributed by atoms with Gasteiger partial charge in [0.15, 0.2) is 5.44 Å². The fourth-order valence-electron chi connectivity index (χ4n) is 1.28. The Morgan fingerprint density at radius 3 is 2.19 bits per heavy atom. The molecule has 2 unspecified atom stereocenters. The van der Waals surface area contributed by atoms with Crippen molar-refractivity contribution in [3.05, 3.63) is 0 Å². The molecule has 0 aromatic rings. The Morgan fingerprint density at radius 1 is 1.25 bits per heavy atom. The summed E-state index contributed by atoms with van der Waals surface area (Å²) in [7, 11) is -4.55. The Bertz CT molecular complexity index is 274. The van der Waals surface area contributed by atoms with E-state index in [2.05, 4.69) is 0 Å². The van der Waals surface area contributed by atoms with Gasteiger partial charge in [-0.2, -0.15) is 8.42 Å². The van der Waals surface area contributed by atoms with Crippen LogP contribution in [0.3, 0.4) is 0 Å². The predicted octanol–water partition coefficient (Wildman–Crippen LogP) is -1.39. The molecule has 0 bridgehead atoms. The van der Waals surface area contributed by atoms with Crippen molar-refractivity contribution in [3.8, 4) is 0 Å². The molecule has 0 saturated carbocycles. The van der Waals surface area contributed by atoms with Crippen molar-refractivity contribution in [3.63, 3.8) is 0 Å². The molecular weight excluding hydrogens is 238 g/mol. The third-order valence-electron chi connectivity index (χ3n) is 2.08. The normalized spacial score (nSPS) is 16.4. The minimum absolute atomic E-state index is 0.174. The first-order valence-electron chi connectivity index (χ1n) is 5.00. The molecule has 0 radical (unpaired) electrons. The van der Waals surface area contributed by atoms with Crippen LogP contribution in [0.5, 0.6) is 0 Å². The Hall–Kier alpha value is -0.250. The van der Waals surface area contributed by atoms with Crippen LogP contribution in [0.25, 0.3) is 0 Å². The van der Waals surface area contributed by atoms with E-state index in [4.69, 9.17) is 14.8 Å². The molecule has 7 nitrogen and oxygen atoms in total. The van der Waals surface area contributed by atoms with E-state index in [9.17, 15) is 13.5 Å². The molecule has 16 heavy (non-hydrogen) atoms. The highest BCUT2D eigenvalue weighted by molar-refractivity contribution is 7.86. The summed E-state index contributed by atoms with van der Waals surface area (Å²) in [5.41, 5.74) is -2.01. The van der Waals surface area contributed by atoms with Gasteiger partial charge in [0.25, 0.3) is 10.1 Å². The number of rotatable bonds is 8. The highest BCUT2D eigenvalue weighted by Gasteiger charge is 2.26. The quantitative estimate of drug-likeness (QED) is 0.312. The average molecular weight is 257 g/mol. The van der Waals surface area contributed by atoms with E-state index in [0.717, 1.165) is 0 Å². The first-order valence-corrected chi connectivity index (χ1v) is 6.50. The smallest absolute Gasteiger partial charge is 0.292 e. The fraction of sp³-hybridized carbons (Fsp3) is 1.00. The van der Waals surface area contributed by atoms with Gasteiger partial charge in [0.2, 0.25) is 0 Å². The maximum absolute atomic E-state index is 10.5. The molecule has 98 valence electrons. The maximum Gasteiger partial charge on any atom is 0.292 e. The summed E-state index contributed by atoms with van der Waals surface area (Å²) in [5.74, 6) is 0. The molecule has 4 N–H and O–H groups in total. The molecule has 0 saturated heterocycles. The lowest BCUT2D eigenvalue weighted by Crippen LogP contribution is -2.41. The second-order valence-corrected chi connectivity index (χ2v) is 5.02. The van der Waals surface area contributed by atoms with Crippen LogP contribution in [0.1, 0.15) is 19.8 Å². The van der Waals surface area contributed by atoms with E-state index in [1.807, 2.05) is 6.92 Å². The van der Waals surface area contributed by atoms with Gasteiger partial charge >= 0.3 is 0 Å². The standard InChI is InChI=1S/C8H19NO6S/c1-2-3-9(4-5-10)7(11)6-8(12)16(13,14)15/h7-8,10-12H,2-6H2,1H3,(H,13,14,15). The summed E-state index contributed by atoms with van der Waals surface area (Å²) in [6, 6.07) is 0. The third-order valence-corrected chi connectivity index (χ3v) is 2.96. The van der Waals surface area contributed by atoms with Gasteiger partial charge in [0, 0.05) is 19.5 Å². The summed E-state index contributed by atoms with van der Waals surface area (Å²) >= 11 is 0. The SMILES string of the molecule is CCCN(CCO)C(O)CC(O)S(=O)(=O)O. The van der Waals surface area contributed by atoms with E-state index < -0.39 is 28.2 Å². The van der Waals surface area contributed by atoms with Crippen molar-refractivity contribution < 1.29 is 28.3 Å². The lowest BCUT2D eigenvalue weighted by molar-refractivity contribution is -0.0264. The maximum atomic E-state index is 10.5. The van der Waals surface area contributed by atoms with Crippen LogP contribution in [0.4, 0.5) is 0 Å². The lowest BCUT2D eigenvalue weighted by Gasteiger charge is -2.27. The Labute approximate surface area is 95.1 Å². The van der Waals surface area contributed by atoms with E-state index in [0.29, 0.717) is 13.0 Å². The molecule has 0 aromatic heterocycles. The van der Waals surface area contributed by atoms with E-state index in [1.165, 1.54) is 4.90 Å². The van der Waals surface area contributed by atoms with Crippen LogP contribution in [0.15, 0.2) is 0 Å².